The Labute approximate surface area is 104 Å². The Morgan fingerprint density at radius 2 is 1.80 bits per heavy atom. The standard InChI is InChI=1S/C10H13Cl2NOS/c1-5(14)6(2)15-10-4-8(12)7(11)3-9(10)13/h3-6,14H,13H2,1-2H3. The molecule has 0 amide bonds. The van der Waals surface area contributed by atoms with Crippen LogP contribution < -0.4 is 5.73 Å². The summed E-state index contributed by atoms with van der Waals surface area (Å²) >= 11 is 13.2. The summed E-state index contributed by atoms with van der Waals surface area (Å²) in [6, 6.07) is 3.35. The van der Waals surface area contributed by atoms with E-state index < -0.39 is 6.10 Å². The summed E-state index contributed by atoms with van der Waals surface area (Å²) < 4.78 is 0. The molecule has 1 aromatic rings. The number of rotatable bonds is 3. The molecule has 2 nitrogen and oxygen atoms in total. The van der Waals surface area contributed by atoms with Gasteiger partial charge in [-0.15, -0.1) is 11.8 Å². The molecule has 0 radical (unpaired) electrons. The second-order valence-corrected chi connectivity index (χ2v) is 5.60. The van der Waals surface area contributed by atoms with E-state index >= 15 is 0 Å². The molecule has 1 aromatic carbocycles. The number of thioether (sulfide) groups is 1. The van der Waals surface area contributed by atoms with Gasteiger partial charge >= 0.3 is 0 Å². The lowest BCUT2D eigenvalue weighted by Gasteiger charge is -2.15. The highest BCUT2D eigenvalue weighted by Crippen LogP contribution is 2.35. The van der Waals surface area contributed by atoms with E-state index in [-0.39, 0.29) is 5.25 Å². The first kappa shape index (κ1) is 13.0. The molecule has 2 unspecified atom stereocenters. The molecule has 1 rings (SSSR count). The Morgan fingerprint density at radius 3 is 2.33 bits per heavy atom. The summed E-state index contributed by atoms with van der Waals surface area (Å²) in [5.41, 5.74) is 6.38. The number of nitrogen functional groups attached to an aromatic ring is 1. The number of halogens is 2. The van der Waals surface area contributed by atoms with Gasteiger partial charge in [-0.25, -0.2) is 0 Å². The normalized spacial score (nSPS) is 15.0. The van der Waals surface area contributed by atoms with Crippen LogP contribution in [-0.2, 0) is 0 Å². The number of benzene rings is 1. The largest absolute Gasteiger partial charge is 0.398 e. The molecule has 0 spiro atoms. The molecule has 0 aliphatic carbocycles. The van der Waals surface area contributed by atoms with Crippen molar-refractivity contribution in [1.29, 1.82) is 0 Å². The Morgan fingerprint density at radius 1 is 1.27 bits per heavy atom. The second kappa shape index (κ2) is 5.30. The Balaban J connectivity index is 2.91. The molecule has 0 bridgehead atoms. The highest BCUT2D eigenvalue weighted by molar-refractivity contribution is 8.00. The lowest BCUT2D eigenvalue weighted by Crippen LogP contribution is -2.15. The number of aliphatic hydroxyl groups excluding tert-OH is 1. The smallest absolute Gasteiger partial charge is 0.0631 e. The van der Waals surface area contributed by atoms with Crippen LogP contribution in [0.5, 0.6) is 0 Å². The van der Waals surface area contributed by atoms with Crippen molar-refractivity contribution in [2.75, 3.05) is 5.73 Å². The lowest BCUT2D eigenvalue weighted by atomic mass is 10.3. The first-order chi connectivity index (χ1) is 6.91. The van der Waals surface area contributed by atoms with E-state index in [0.717, 1.165) is 4.90 Å². The van der Waals surface area contributed by atoms with Gasteiger partial charge in [-0.1, -0.05) is 30.1 Å². The zero-order chi connectivity index (χ0) is 11.6. The highest BCUT2D eigenvalue weighted by atomic mass is 35.5. The van der Waals surface area contributed by atoms with E-state index in [9.17, 15) is 5.11 Å². The highest BCUT2D eigenvalue weighted by Gasteiger charge is 2.13. The molecule has 3 N–H and O–H groups in total. The summed E-state index contributed by atoms with van der Waals surface area (Å²) in [7, 11) is 0. The van der Waals surface area contributed by atoms with Crippen molar-refractivity contribution >= 4 is 40.7 Å². The molecular formula is C10H13Cl2NOS. The number of anilines is 1. The van der Waals surface area contributed by atoms with Crippen molar-refractivity contribution in [3.63, 3.8) is 0 Å². The van der Waals surface area contributed by atoms with Crippen molar-refractivity contribution in [3.8, 4) is 0 Å². The minimum absolute atomic E-state index is 0.0598. The zero-order valence-corrected chi connectivity index (χ0v) is 10.8. The molecule has 84 valence electrons. The predicted molar refractivity (Wildman–Crippen MR) is 67.9 cm³/mol. The molecule has 5 heteroatoms. The van der Waals surface area contributed by atoms with Crippen molar-refractivity contribution in [2.45, 2.75) is 30.1 Å². The topological polar surface area (TPSA) is 46.2 Å². The van der Waals surface area contributed by atoms with Gasteiger partial charge in [-0.3, -0.25) is 0 Å². The van der Waals surface area contributed by atoms with Crippen LogP contribution in [0.2, 0.25) is 10.0 Å². The molecule has 0 aliphatic rings. The quantitative estimate of drug-likeness (QED) is 0.650. The van der Waals surface area contributed by atoms with E-state index in [4.69, 9.17) is 28.9 Å². The lowest BCUT2D eigenvalue weighted by molar-refractivity contribution is 0.196. The van der Waals surface area contributed by atoms with Gasteiger partial charge in [0.1, 0.15) is 0 Å². The van der Waals surface area contributed by atoms with Gasteiger partial charge in [-0.05, 0) is 19.1 Å². The monoisotopic (exact) mass is 265 g/mol. The Kier molecular flexibility index (Phi) is 4.59. The number of nitrogens with two attached hydrogens (primary N) is 1. The molecule has 0 fully saturated rings. The fourth-order valence-corrected chi connectivity index (χ4v) is 2.32. The SMILES string of the molecule is CC(O)C(C)Sc1cc(Cl)c(Cl)cc1N. The molecule has 2 atom stereocenters. The van der Waals surface area contributed by atoms with Crippen LogP contribution in [0.3, 0.4) is 0 Å². The van der Waals surface area contributed by atoms with E-state index in [1.54, 1.807) is 19.1 Å². The third kappa shape index (κ3) is 3.45. The Bertz CT molecular complexity index is 358. The van der Waals surface area contributed by atoms with Crippen LogP contribution in [0.4, 0.5) is 5.69 Å². The van der Waals surface area contributed by atoms with Gasteiger partial charge in [0.15, 0.2) is 0 Å². The fraction of sp³-hybridized carbons (Fsp3) is 0.400. The Hall–Kier alpha value is -0.0900. The van der Waals surface area contributed by atoms with Crippen LogP contribution >= 0.6 is 35.0 Å². The summed E-state index contributed by atoms with van der Waals surface area (Å²) in [5, 5.41) is 10.4. The maximum absolute atomic E-state index is 9.38. The van der Waals surface area contributed by atoms with Crippen molar-refractivity contribution in [3.05, 3.63) is 22.2 Å². The maximum atomic E-state index is 9.38. The van der Waals surface area contributed by atoms with Crippen molar-refractivity contribution in [1.82, 2.24) is 0 Å². The number of hydrogen-bond donors (Lipinski definition) is 2. The van der Waals surface area contributed by atoms with Gasteiger partial charge in [0.05, 0.1) is 16.1 Å². The summed E-state index contributed by atoms with van der Waals surface area (Å²) in [6.07, 6.45) is -0.399. The van der Waals surface area contributed by atoms with Gasteiger partial charge in [0.25, 0.3) is 0 Å². The summed E-state index contributed by atoms with van der Waals surface area (Å²) in [5.74, 6) is 0. The zero-order valence-electron chi connectivity index (χ0n) is 8.50. The molecule has 0 heterocycles. The predicted octanol–water partition coefficient (Wildman–Crippen LogP) is 3.44. The van der Waals surface area contributed by atoms with Gasteiger partial charge < -0.3 is 10.8 Å². The first-order valence-electron chi connectivity index (χ1n) is 4.51. The number of aliphatic hydroxyl groups is 1. The number of hydrogen-bond acceptors (Lipinski definition) is 3. The van der Waals surface area contributed by atoms with Gasteiger partial charge in [0.2, 0.25) is 0 Å². The fourth-order valence-electron chi connectivity index (χ4n) is 0.945. The van der Waals surface area contributed by atoms with Crippen molar-refractivity contribution < 1.29 is 5.11 Å². The molecule has 0 saturated carbocycles. The van der Waals surface area contributed by atoms with Crippen LogP contribution in [0.25, 0.3) is 0 Å². The average Bonchev–Trinajstić information content (AvgIpc) is 2.13. The molecule has 15 heavy (non-hydrogen) atoms. The van der Waals surface area contributed by atoms with Crippen LogP contribution in [0.15, 0.2) is 17.0 Å². The minimum atomic E-state index is -0.399. The average molecular weight is 266 g/mol. The van der Waals surface area contributed by atoms with Crippen LogP contribution in [-0.4, -0.2) is 16.5 Å². The van der Waals surface area contributed by atoms with E-state index in [1.807, 2.05) is 6.92 Å². The molecule has 0 saturated heterocycles. The second-order valence-electron chi connectivity index (χ2n) is 3.37. The summed E-state index contributed by atoms with van der Waals surface area (Å²) in [4.78, 5) is 0.845. The summed E-state index contributed by atoms with van der Waals surface area (Å²) in [6.45, 7) is 3.67. The minimum Gasteiger partial charge on any atom is -0.398 e. The van der Waals surface area contributed by atoms with Crippen LogP contribution in [0.1, 0.15) is 13.8 Å². The first-order valence-corrected chi connectivity index (χ1v) is 6.14. The van der Waals surface area contributed by atoms with E-state index in [2.05, 4.69) is 0 Å². The molecule has 0 aromatic heterocycles. The van der Waals surface area contributed by atoms with E-state index in [1.165, 1.54) is 11.8 Å². The van der Waals surface area contributed by atoms with Crippen LogP contribution in [0, 0.1) is 0 Å². The third-order valence-corrected chi connectivity index (χ3v) is 4.14. The maximum Gasteiger partial charge on any atom is 0.0631 e. The van der Waals surface area contributed by atoms with E-state index in [0.29, 0.717) is 15.7 Å². The molecule has 0 aliphatic heterocycles. The third-order valence-electron chi connectivity index (χ3n) is 2.04. The molecular weight excluding hydrogens is 253 g/mol. The van der Waals surface area contributed by atoms with Crippen molar-refractivity contribution in [2.24, 2.45) is 0 Å². The van der Waals surface area contributed by atoms with Gasteiger partial charge in [-0.2, -0.15) is 0 Å². The van der Waals surface area contributed by atoms with Gasteiger partial charge in [0, 0.05) is 15.8 Å².